The fourth-order valence-corrected chi connectivity index (χ4v) is 2.31. The Labute approximate surface area is 135 Å². The van der Waals surface area contributed by atoms with E-state index in [1.807, 2.05) is 14.0 Å². The highest BCUT2D eigenvalue weighted by atomic mass is 19.1. The molecule has 1 unspecified atom stereocenters. The zero-order valence-electron chi connectivity index (χ0n) is 13.6. The van der Waals surface area contributed by atoms with Crippen LogP contribution in [0, 0.1) is 12.7 Å². The van der Waals surface area contributed by atoms with Crippen molar-refractivity contribution in [3.63, 3.8) is 0 Å². The first kappa shape index (κ1) is 17.1. The van der Waals surface area contributed by atoms with E-state index in [2.05, 4.69) is 10.4 Å². The van der Waals surface area contributed by atoms with Crippen molar-refractivity contribution >= 4 is 5.91 Å². The Morgan fingerprint density at radius 3 is 2.61 bits per heavy atom. The van der Waals surface area contributed by atoms with E-state index in [1.165, 1.54) is 24.3 Å². The van der Waals surface area contributed by atoms with Gasteiger partial charge in [0.2, 0.25) is 5.91 Å². The van der Waals surface area contributed by atoms with Gasteiger partial charge in [-0.05, 0) is 43.5 Å². The normalized spacial score (nSPS) is 13.6. The van der Waals surface area contributed by atoms with Gasteiger partial charge in [0.15, 0.2) is 0 Å². The molecule has 0 aliphatic heterocycles. The lowest BCUT2D eigenvalue weighted by atomic mass is 9.96. The molecule has 0 aliphatic carbocycles. The standard InChI is InChI=1S/C17H22FN3O2/c1-12-13(10-20-21(12)3)4-9-16(22)19-11-17(2,23)14-5-7-15(18)8-6-14/h5-8,10,23H,4,9,11H2,1-3H3,(H,19,22). The third-order valence-electron chi connectivity index (χ3n) is 4.05. The van der Waals surface area contributed by atoms with Crippen molar-refractivity contribution in [3.8, 4) is 0 Å². The molecule has 0 spiro atoms. The second kappa shape index (κ2) is 6.91. The second-order valence-corrected chi connectivity index (χ2v) is 5.94. The molecule has 5 nitrogen and oxygen atoms in total. The molecule has 0 saturated carbocycles. The number of nitrogens with one attached hydrogen (secondary N) is 1. The third-order valence-corrected chi connectivity index (χ3v) is 4.05. The SMILES string of the molecule is Cc1c(CCC(=O)NCC(C)(O)c2ccc(F)cc2)cnn1C. The van der Waals surface area contributed by atoms with E-state index in [-0.39, 0.29) is 18.3 Å². The summed E-state index contributed by atoms with van der Waals surface area (Å²) in [7, 11) is 1.86. The summed E-state index contributed by atoms with van der Waals surface area (Å²) in [5, 5.41) is 17.3. The summed E-state index contributed by atoms with van der Waals surface area (Å²) < 4.78 is 14.7. The number of aliphatic hydroxyl groups is 1. The number of rotatable bonds is 6. The van der Waals surface area contributed by atoms with Crippen LogP contribution < -0.4 is 5.32 Å². The Morgan fingerprint density at radius 2 is 2.04 bits per heavy atom. The zero-order valence-corrected chi connectivity index (χ0v) is 13.6. The van der Waals surface area contributed by atoms with Crippen molar-refractivity contribution in [2.24, 2.45) is 7.05 Å². The van der Waals surface area contributed by atoms with Crippen molar-refractivity contribution < 1.29 is 14.3 Å². The smallest absolute Gasteiger partial charge is 0.220 e. The van der Waals surface area contributed by atoms with Gasteiger partial charge in [-0.25, -0.2) is 4.39 Å². The van der Waals surface area contributed by atoms with Gasteiger partial charge in [-0.1, -0.05) is 12.1 Å². The number of hydrogen-bond acceptors (Lipinski definition) is 3. The lowest BCUT2D eigenvalue weighted by Crippen LogP contribution is -2.38. The Kier molecular flexibility index (Phi) is 5.15. The number of amides is 1. The number of nitrogens with zero attached hydrogens (tertiary/aromatic N) is 2. The van der Waals surface area contributed by atoms with Crippen LogP contribution in [0.3, 0.4) is 0 Å². The monoisotopic (exact) mass is 319 g/mol. The molecule has 0 aliphatic rings. The van der Waals surface area contributed by atoms with Crippen LogP contribution in [0.2, 0.25) is 0 Å². The first-order valence-electron chi connectivity index (χ1n) is 7.52. The summed E-state index contributed by atoms with van der Waals surface area (Å²) in [5.41, 5.74) is 1.39. The zero-order chi connectivity index (χ0) is 17.0. The van der Waals surface area contributed by atoms with Gasteiger partial charge in [0.1, 0.15) is 11.4 Å². The maximum absolute atomic E-state index is 12.9. The molecule has 6 heteroatoms. The molecule has 2 rings (SSSR count). The minimum atomic E-state index is -1.24. The first-order valence-corrected chi connectivity index (χ1v) is 7.52. The molecule has 1 heterocycles. The van der Waals surface area contributed by atoms with E-state index in [0.717, 1.165) is 11.3 Å². The summed E-state index contributed by atoms with van der Waals surface area (Å²) >= 11 is 0. The predicted octanol–water partition coefficient (Wildman–Crippen LogP) is 1.82. The Balaban J connectivity index is 1.86. The average Bonchev–Trinajstić information content (AvgIpc) is 2.83. The van der Waals surface area contributed by atoms with Crippen LogP contribution in [0.5, 0.6) is 0 Å². The van der Waals surface area contributed by atoms with E-state index >= 15 is 0 Å². The van der Waals surface area contributed by atoms with Crippen molar-refractivity contribution in [2.75, 3.05) is 6.54 Å². The maximum atomic E-state index is 12.9. The molecule has 2 aromatic rings. The molecule has 124 valence electrons. The summed E-state index contributed by atoms with van der Waals surface area (Å²) in [6.07, 6.45) is 2.69. The Bertz CT molecular complexity index is 678. The number of hydrogen-bond donors (Lipinski definition) is 2. The molecule has 1 amide bonds. The van der Waals surface area contributed by atoms with Crippen LogP contribution in [0.25, 0.3) is 0 Å². The minimum absolute atomic E-state index is 0.0729. The Morgan fingerprint density at radius 1 is 1.39 bits per heavy atom. The van der Waals surface area contributed by atoms with Gasteiger partial charge in [-0.3, -0.25) is 9.48 Å². The molecule has 1 atom stereocenters. The van der Waals surface area contributed by atoms with E-state index in [0.29, 0.717) is 18.4 Å². The summed E-state index contributed by atoms with van der Waals surface area (Å²) in [5.74, 6) is -0.504. The van der Waals surface area contributed by atoms with Crippen molar-refractivity contribution in [1.82, 2.24) is 15.1 Å². The predicted molar refractivity (Wildman–Crippen MR) is 85.2 cm³/mol. The van der Waals surface area contributed by atoms with Crippen LogP contribution >= 0.6 is 0 Å². The first-order chi connectivity index (χ1) is 10.8. The molecular formula is C17H22FN3O2. The van der Waals surface area contributed by atoms with Crippen LogP contribution in [0.1, 0.15) is 30.2 Å². The second-order valence-electron chi connectivity index (χ2n) is 5.94. The van der Waals surface area contributed by atoms with E-state index in [4.69, 9.17) is 0 Å². The van der Waals surface area contributed by atoms with Crippen LogP contribution in [-0.4, -0.2) is 27.3 Å². The third kappa shape index (κ3) is 4.39. The molecular weight excluding hydrogens is 297 g/mol. The number of aryl methyl sites for hydroxylation is 2. The van der Waals surface area contributed by atoms with Gasteiger partial charge >= 0.3 is 0 Å². The molecule has 0 radical (unpaired) electrons. The van der Waals surface area contributed by atoms with Crippen molar-refractivity contribution in [1.29, 1.82) is 0 Å². The molecule has 0 bridgehead atoms. The summed E-state index contributed by atoms with van der Waals surface area (Å²) in [6, 6.07) is 5.61. The quantitative estimate of drug-likeness (QED) is 0.853. The number of aromatic nitrogens is 2. The lowest BCUT2D eigenvalue weighted by Gasteiger charge is -2.24. The van der Waals surface area contributed by atoms with Gasteiger partial charge in [0, 0.05) is 19.2 Å². The Hall–Kier alpha value is -2.21. The van der Waals surface area contributed by atoms with Crippen LogP contribution in [0.15, 0.2) is 30.5 Å². The molecule has 0 saturated heterocycles. The maximum Gasteiger partial charge on any atom is 0.220 e. The molecule has 1 aromatic carbocycles. The molecule has 23 heavy (non-hydrogen) atoms. The number of benzene rings is 1. The van der Waals surface area contributed by atoms with E-state index < -0.39 is 5.60 Å². The molecule has 1 aromatic heterocycles. The van der Waals surface area contributed by atoms with Crippen LogP contribution in [0.4, 0.5) is 4.39 Å². The summed E-state index contributed by atoms with van der Waals surface area (Å²) in [4.78, 5) is 12.0. The highest BCUT2D eigenvalue weighted by molar-refractivity contribution is 5.76. The number of carbonyl (C=O) groups is 1. The van der Waals surface area contributed by atoms with E-state index in [9.17, 15) is 14.3 Å². The van der Waals surface area contributed by atoms with Gasteiger partial charge in [0.05, 0.1) is 12.7 Å². The fourth-order valence-electron chi connectivity index (χ4n) is 2.31. The number of halogens is 1. The van der Waals surface area contributed by atoms with E-state index in [1.54, 1.807) is 17.8 Å². The van der Waals surface area contributed by atoms with Gasteiger partial charge in [-0.15, -0.1) is 0 Å². The summed E-state index contributed by atoms with van der Waals surface area (Å²) in [6.45, 7) is 3.62. The van der Waals surface area contributed by atoms with Gasteiger partial charge in [-0.2, -0.15) is 5.10 Å². The van der Waals surface area contributed by atoms with Crippen LogP contribution in [-0.2, 0) is 23.9 Å². The fraction of sp³-hybridized carbons (Fsp3) is 0.412. The lowest BCUT2D eigenvalue weighted by molar-refractivity contribution is -0.122. The molecule has 2 N–H and O–H groups in total. The minimum Gasteiger partial charge on any atom is -0.384 e. The highest BCUT2D eigenvalue weighted by Gasteiger charge is 2.23. The van der Waals surface area contributed by atoms with Gasteiger partial charge < -0.3 is 10.4 Å². The largest absolute Gasteiger partial charge is 0.384 e. The van der Waals surface area contributed by atoms with Gasteiger partial charge in [0.25, 0.3) is 0 Å². The van der Waals surface area contributed by atoms with Crippen molar-refractivity contribution in [2.45, 2.75) is 32.3 Å². The highest BCUT2D eigenvalue weighted by Crippen LogP contribution is 2.20. The number of carbonyl (C=O) groups excluding carboxylic acids is 1. The average molecular weight is 319 g/mol. The molecule has 0 fully saturated rings. The topological polar surface area (TPSA) is 67.2 Å². The van der Waals surface area contributed by atoms with Crippen molar-refractivity contribution in [3.05, 3.63) is 53.1 Å².